The molecule has 2 aliphatic heterocycles. The number of carbonyl (C=O) groups is 1. The Balaban J connectivity index is 1.76. The summed E-state index contributed by atoms with van der Waals surface area (Å²) < 4.78 is 6.27. The van der Waals surface area contributed by atoms with Crippen molar-refractivity contribution >= 4 is 51.9 Å². The number of aryl methyl sites for hydroxylation is 2. The Morgan fingerprint density at radius 3 is 2.78 bits per heavy atom. The minimum absolute atomic E-state index is 0.107. The molecule has 1 aromatic carbocycles. The van der Waals surface area contributed by atoms with Gasteiger partial charge in [0.2, 0.25) is 5.17 Å². The van der Waals surface area contributed by atoms with E-state index in [0.717, 1.165) is 23.3 Å². The first-order chi connectivity index (χ1) is 13.0. The number of aliphatic imine (C=N–C) groups is 1. The highest BCUT2D eigenvalue weighted by Crippen LogP contribution is 2.31. The lowest BCUT2D eigenvalue weighted by Gasteiger charge is -2.24. The number of benzene rings is 1. The second-order valence-electron chi connectivity index (χ2n) is 6.18. The molecule has 0 bridgehead atoms. The maximum Gasteiger partial charge on any atom is 0.283 e. The van der Waals surface area contributed by atoms with Crippen molar-refractivity contribution in [3.8, 4) is 5.69 Å². The Morgan fingerprint density at radius 2 is 2.04 bits per heavy atom. The van der Waals surface area contributed by atoms with Crippen molar-refractivity contribution in [3.63, 3.8) is 0 Å². The predicted octanol–water partition coefficient (Wildman–Crippen LogP) is 4.03. The van der Waals surface area contributed by atoms with Crippen LogP contribution in [0.3, 0.4) is 0 Å². The predicted molar refractivity (Wildman–Crippen MR) is 114 cm³/mol. The van der Waals surface area contributed by atoms with E-state index < -0.39 is 5.91 Å². The lowest BCUT2D eigenvalue weighted by molar-refractivity contribution is -0.114. The fourth-order valence-electron chi connectivity index (χ4n) is 2.90. The molecule has 8 heteroatoms. The number of hydrogen-bond donors (Lipinski definition) is 1. The number of aromatic nitrogens is 1. The van der Waals surface area contributed by atoms with Gasteiger partial charge in [-0.2, -0.15) is 9.39 Å². The Morgan fingerprint density at radius 1 is 1.22 bits per heavy atom. The van der Waals surface area contributed by atoms with Crippen LogP contribution in [0.15, 0.2) is 51.5 Å². The fraction of sp³-hybridized carbons (Fsp3) is 0.158. The SMILES string of the molecule is CSC1=NSC2=NC(=O)/C(=C\c3cccn3-c3ccc(C)c(C)c3)C(=N)N12. The molecule has 0 saturated carbocycles. The van der Waals surface area contributed by atoms with Crippen molar-refractivity contribution in [1.82, 2.24) is 9.47 Å². The molecule has 2 aromatic rings. The molecule has 0 spiro atoms. The number of amides is 1. The fourth-order valence-corrected chi connectivity index (χ4v) is 4.36. The number of fused-ring (bicyclic) bond motifs is 1. The van der Waals surface area contributed by atoms with Gasteiger partial charge in [0.05, 0.1) is 17.5 Å². The summed E-state index contributed by atoms with van der Waals surface area (Å²) in [7, 11) is 0. The molecule has 4 rings (SSSR count). The third-order valence-corrected chi connectivity index (χ3v) is 5.97. The first-order valence-corrected chi connectivity index (χ1v) is 10.3. The molecule has 27 heavy (non-hydrogen) atoms. The lowest BCUT2D eigenvalue weighted by atomic mass is 10.1. The van der Waals surface area contributed by atoms with Gasteiger partial charge in [-0.1, -0.05) is 17.8 Å². The molecule has 0 saturated heterocycles. The van der Waals surface area contributed by atoms with E-state index in [1.165, 1.54) is 22.9 Å². The largest absolute Gasteiger partial charge is 0.317 e. The van der Waals surface area contributed by atoms with E-state index in [2.05, 4.69) is 35.4 Å². The molecular formula is C19H17N5OS2. The Kier molecular flexibility index (Phi) is 4.53. The van der Waals surface area contributed by atoms with E-state index in [-0.39, 0.29) is 11.4 Å². The first-order valence-electron chi connectivity index (χ1n) is 8.27. The highest BCUT2D eigenvalue weighted by molar-refractivity contribution is 8.18. The highest BCUT2D eigenvalue weighted by atomic mass is 32.2. The molecule has 0 aliphatic carbocycles. The van der Waals surface area contributed by atoms with Gasteiger partial charge < -0.3 is 4.57 Å². The molecule has 0 radical (unpaired) electrons. The van der Waals surface area contributed by atoms with Gasteiger partial charge in [0.1, 0.15) is 5.84 Å². The second-order valence-corrected chi connectivity index (χ2v) is 7.69. The van der Waals surface area contributed by atoms with E-state index in [1.807, 2.05) is 35.2 Å². The summed E-state index contributed by atoms with van der Waals surface area (Å²) in [6, 6.07) is 10.1. The van der Waals surface area contributed by atoms with Crippen LogP contribution in [0.4, 0.5) is 0 Å². The summed E-state index contributed by atoms with van der Waals surface area (Å²) in [6.07, 6.45) is 5.56. The topological polar surface area (TPSA) is 73.8 Å². The lowest BCUT2D eigenvalue weighted by Crippen LogP contribution is -2.41. The summed E-state index contributed by atoms with van der Waals surface area (Å²) in [5, 5.41) is 9.62. The van der Waals surface area contributed by atoms with Gasteiger partial charge >= 0.3 is 0 Å². The molecule has 1 amide bonds. The van der Waals surface area contributed by atoms with Crippen molar-refractivity contribution in [3.05, 3.63) is 58.9 Å². The minimum atomic E-state index is -0.413. The molecular weight excluding hydrogens is 378 g/mol. The van der Waals surface area contributed by atoms with Crippen molar-refractivity contribution in [1.29, 1.82) is 5.41 Å². The van der Waals surface area contributed by atoms with E-state index in [9.17, 15) is 4.79 Å². The highest BCUT2D eigenvalue weighted by Gasteiger charge is 2.37. The molecule has 2 aliphatic rings. The van der Waals surface area contributed by atoms with Crippen LogP contribution in [0.25, 0.3) is 11.8 Å². The van der Waals surface area contributed by atoms with Crippen molar-refractivity contribution in [2.75, 3.05) is 6.26 Å². The van der Waals surface area contributed by atoms with Crippen LogP contribution in [0.5, 0.6) is 0 Å². The quantitative estimate of drug-likeness (QED) is 0.615. The zero-order valence-electron chi connectivity index (χ0n) is 15.1. The molecule has 0 unspecified atom stereocenters. The van der Waals surface area contributed by atoms with Crippen LogP contribution < -0.4 is 0 Å². The van der Waals surface area contributed by atoms with Crippen LogP contribution >= 0.6 is 23.7 Å². The molecule has 1 N–H and O–H groups in total. The third kappa shape index (κ3) is 3.04. The van der Waals surface area contributed by atoms with Gasteiger partial charge in [-0.25, -0.2) is 4.90 Å². The van der Waals surface area contributed by atoms with Crippen LogP contribution in [0.1, 0.15) is 16.8 Å². The third-order valence-electron chi connectivity index (χ3n) is 4.52. The van der Waals surface area contributed by atoms with Crippen LogP contribution in [0.2, 0.25) is 0 Å². The smallest absolute Gasteiger partial charge is 0.283 e. The van der Waals surface area contributed by atoms with Gasteiger partial charge in [-0.05, 0) is 61.6 Å². The average molecular weight is 396 g/mol. The first kappa shape index (κ1) is 17.8. The number of nitrogens with one attached hydrogen (secondary N) is 1. The van der Waals surface area contributed by atoms with Gasteiger partial charge in [-0.3, -0.25) is 10.2 Å². The van der Waals surface area contributed by atoms with Gasteiger partial charge in [0, 0.05) is 17.6 Å². The molecule has 6 nitrogen and oxygen atoms in total. The number of thioether (sulfide) groups is 1. The Hall–Kier alpha value is -2.58. The standard InChI is InChI=1S/C19H17N5OS2/c1-11-6-7-14(9-12(11)2)23-8-4-5-13(23)10-15-16(20)24-18(21-17(15)25)27-22-19(24)26-3/h4-10,20H,1-3H3/b15-10-,20-16?. The van der Waals surface area contributed by atoms with Gasteiger partial charge in [0.25, 0.3) is 5.91 Å². The molecule has 0 fully saturated rings. The Bertz CT molecular complexity index is 1060. The van der Waals surface area contributed by atoms with Gasteiger partial charge in [-0.15, -0.1) is 0 Å². The normalized spacial score (nSPS) is 18.0. The molecule has 136 valence electrons. The summed E-state index contributed by atoms with van der Waals surface area (Å²) in [6.45, 7) is 4.15. The van der Waals surface area contributed by atoms with Crippen molar-refractivity contribution < 1.29 is 4.79 Å². The zero-order chi connectivity index (χ0) is 19.1. The summed E-state index contributed by atoms with van der Waals surface area (Å²) >= 11 is 2.55. The number of rotatable bonds is 2. The van der Waals surface area contributed by atoms with Crippen LogP contribution in [-0.2, 0) is 4.79 Å². The van der Waals surface area contributed by atoms with Crippen molar-refractivity contribution in [2.45, 2.75) is 13.8 Å². The van der Waals surface area contributed by atoms with Crippen LogP contribution in [-0.4, -0.2) is 37.8 Å². The Labute approximate surface area is 165 Å². The van der Waals surface area contributed by atoms with Gasteiger partial charge in [0.15, 0.2) is 5.17 Å². The van der Waals surface area contributed by atoms with E-state index in [4.69, 9.17) is 5.41 Å². The molecule has 0 atom stereocenters. The number of nitrogens with zero attached hydrogens (tertiary/aromatic N) is 4. The zero-order valence-corrected chi connectivity index (χ0v) is 16.7. The number of carbonyl (C=O) groups excluding carboxylic acids is 1. The maximum absolute atomic E-state index is 12.5. The van der Waals surface area contributed by atoms with Crippen molar-refractivity contribution in [2.24, 2.45) is 9.39 Å². The van der Waals surface area contributed by atoms with E-state index in [0.29, 0.717) is 10.3 Å². The molecule has 3 heterocycles. The average Bonchev–Trinajstić information content (AvgIpc) is 3.27. The minimum Gasteiger partial charge on any atom is -0.317 e. The summed E-state index contributed by atoms with van der Waals surface area (Å²) in [5.74, 6) is -0.305. The van der Waals surface area contributed by atoms with E-state index in [1.54, 1.807) is 11.0 Å². The molecule has 1 aromatic heterocycles. The monoisotopic (exact) mass is 395 g/mol. The number of amidine groups is 3. The summed E-state index contributed by atoms with van der Waals surface area (Å²) in [4.78, 5) is 18.2. The maximum atomic E-state index is 12.5. The van der Waals surface area contributed by atoms with E-state index >= 15 is 0 Å². The second kappa shape index (κ2) is 6.86. The van der Waals surface area contributed by atoms with Crippen LogP contribution in [0, 0.1) is 19.3 Å². The summed E-state index contributed by atoms with van der Waals surface area (Å²) in [5.41, 5.74) is 4.51. The number of hydrogen-bond acceptors (Lipinski definition) is 5.